The fourth-order valence-electron chi connectivity index (χ4n) is 1.76. The molecule has 0 radical (unpaired) electrons. The second-order valence-corrected chi connectivity index (χ2v) is 4.62. The van der Waals surface area contributed by atoms with Crippen LogP contribution in [0.1, 0.15) is 26.3 Å². The van der Waals surface area contributed by atoms with Crippen molar-refractivity contribution in [2.24, 2.45) is 0 Å². The Morgan fingerprint density at radius 3 is 2.62 bits per heavy atom. The fourth-order valence-corrected chi connectivity index (χ4v) is 1.76. The number of nitrogens with one attached hydrogen (secondary N) is 1. The van der Waals surface area contributed by atoms with Gasteiger partial charge in [0, 0.05) is 19.6 Å². The summed E-state index contributed by atoms with van der Waals surface area (Å²) in [5, 5.41) is 12.0. The molecule has 116 valence electrons. The van der Waals surface area contributed by atoms with E-state index in [1.165, 1.54) is 0 Å². The van der Waals surface area contributed by atoms with Gasteiger partial charge >= 0.3 is 6.09 Å². The van der Waals surface area contributed by atoms with Gasteiger partial charge < -0.3 is 19.9 Å². The van der Waals surface area contributed by atoms with Gasteiger partial charge in [-0.15, -0.1) is 0 Å². The summed E-state index contributed by atoms with van der Waals surface area (Å²) in [7, 11) is 0. The molecule has 21 heavy (non-hydrogen) atoms. The lowest BCUT2D eigenvalue weighted by Crippen LogP contribution is -2.35. The van der Waals surface area contributed by atoms with E-state index in [9.17, 15) is 9.90 Å². The molecule has 0 heterocycles. The maximum atomic E-state index is 11.6. The van der Waals surface area contributed by atoms with Crippen LogP contribution in [-0.2, 0) is 15.9 Å². The van der Waals surface area contributed by atoms with E-state index in [4.69, 9.17) is 9.47 Å². The molecule has 1 atom stereocenters. The number of phenols is 1. The van der Waals surface area contributed by atoms with E-state index < -0.39 is 6.09 Å². The molecule has 2 N–H and O–H groups in total. The van der Waals surface area contributed by atoms with E-state index in [-0.39, 0.29) is 11.9 Å². The van der Waals surface area contributed by atoms with Crippen molar-refractivity contribution < 1.29 is 19.4 Å². The normalized spacial score (nSPS) is 12.8. The zero-order valence-electron chi connectivity index (χ0n) is 12.8. The molecule has 0 unspecified atom stereocenters. The number of benzene rings is 1. The fraction of sp³-hybridized carbons (Fsp3) is 0.438. The Bertz CT molecular complexity index is 468. The van der Waals surface area contributed by atoms with Crippen LogP contribution in [-0.4, -0.2) is 30.5 Å². The first-order valence-corrected chi connectivity index (χ1v) is 7.03. The number of carbonyl (C=O) groups is 1. The largest absolute Gasteiger partial charge is 0.508 e. The number of hydrogen-bond acceptors (Lipinski definition) is 4. The van der Waals surface area contributed by atoms with Crippen molar-refractivity contribution in [1.82, 2.24) is 5.32 Å². The van der Waals surface area contributed by atoms with Crippen LogP contribution in [0.3, 0.4) is 0 Å². The Morgan fingerprint density at radius 1 is 1.38 bits per heavy atom. The third kappa shape index (κ3) is 6.81. The molecule has 5 heteroatoms. The third-order valence-electron chi connectivity index (χ3n) is 2.94. The van der Waals surface area contributed by atoms with Crippen LogP contribution in [0.15, 0.2) is 36.1 Å². The van der Waals surface area contributed by atoms with Gasteiger partial charge in [0.15, 0.2) is 0 Å². The maximum absolute atomic E-state index is 11.6. The summed E-state index contributed by atoms with van der Waals surface area (Å²) in [5.41, 5.74) is 1.03. The molecule has 1 amide bonds. The SMILES string of the molecule is C/C=C(\C)OC(=O)NC[C@H](Cc1ccc(O)cc1)OCC. The molecule has 0 aliphatic carbocycles. The van der Waals surface area contributed by atoms with Gasteiger partial charge in [-0.3, -0.25) is 0 Å². The highest BCUT2D eigenvalue weighted by Crippen LogP contribution is 2.12. The van der Waals surface area contributed by atoms with E-state index in [0.29, 0.717) is 25.3 Å². The average molecular weight is 293 g/mol. The molecular weight excluding hydrogens is 270 g/mol. The molecular formula is C16H23NO4. The Kier molecular flexibility index (Phi) is 7.32. The minimum absolute atomic E-state index is 0.141. The van der Waals surface area contributed by atoms with E-state index in [1.807, 2.05) is 19.1 Å². The number of alkyl carbamates (subject to hydrolysis) is 1. The highest BCUT2D eigenvalue weighted by molar-refractivity contribution is 5.68. The number of ether oxygens (including phenoxy) is 2. The van der Waals surface area contributed by atoms with Crippen LogP contribution in [0, 0.1) is 0 Å². The van der Waals surface area contributed by atoms with E-state index in [0.717, 1.165) is 5.56 Å². The summed E-state index contributed by atoms with van der Waals surface area (Å²) >= 11 is 0. The highest BCUT2D eigenvalue weighted by Gasteiger charge is 2.12. The van der Waals surface area contributed by atoms with Crippen molar-refractivity contribution >= 4 is 6.09 Å². The van der Waals surface area contributed by atoms with Crippen molar-refractivity contribution in [3.8, 4) is 5.75 Å². The number of rotatable bonds is 7. The third-order valence-corrected chi connectivity index (χ3v) is 2.94. The van der Waals surface area contributed by atoms with Gasteiger partial charge in [-0.05, 0) is 44.5 Å². The quantitative estimate of drug-likeness (QED) is 0.758. The Labute approximate surface area is 125 Å². The van der Waals surface area contributed by atoms with E-state index in [2.05, 4.69) is 5.32 Å². The van der Waals surface area contributed by atoms with Crippen LogP contribution in [0.4, 0.5) is 4.79 Å². The van der Waals surface area contributed by atoms with Crippen LogP contribution >= 0.6 is 0 Å². The minimum Gasteiger partial charge on any atom is -0.508 e. The van der Waals surface area contributed by atoms with Crippen LogP contribution in [0.25, 0.3) is 0 Å². The second-order valence-electron chi connectivity index (χ2n) is 4.62. The Morgan fingerprint density at radius 2 is 2.05 bits per heavy atom. The van der Waals surface area contributed by atoms with Crippen LogP contribution in [0.5, 0.6) is 5.75 Å². The monoisotopic (exact) mass is 293 g/mol. The van der Waals surface area contributed by atoms with Crippen LogP contribution in [0.2, 0.25) is 0 Å². The number of allylic oxidation sites excluding steroid dienone is 2. The molecule has 0 spiro atoms. The molecule has 0 aliphatic rings. The number of phenolic OH excluding ortho intramolecular Hbond substituents is 1. The van der Waals surface area contributed by atoms with Crippen molar-refractivity contribution in [3.05, 3.63) is 41.7 Å². The summed E-state index contributed by atoms with van der Waals surface area (Å²) in [4.78, 5) is 11.6. The molecule has 1 aromatic rings. The molecule has 1 rings (SSSR count). The second kappa shape index (κ2) is 9.02. The zero-order valence-corrected chi connectivity index (χ0v) is 12.8. The van der Waals surface area contributed by atoms with Gasteiger partial charge in [0.1, 0.15) is 11.5 Å². The Hall–Kier alpha value is -2.01. The van der Waals surface area contributed by atoms with Crippen LogP contribution < -0.4 is 5.32 Å². The summed E-state index contributed by atoms with van der Waals surface area (Å²) in [6.07, 6.45) is 1.74. The topological polar surface area (TPSA) is 67.8 Å². The lowest BCUT2D eigenvalue weighted by molar-refractivity contribution is 0.0621. The predicted molar refractivity (Wildman–Crippen MR) is 81.1 cm³/mol. The first-order chi connectivity index (χ1) is 10.0. The smallest absolute Gasteiger partial charge is 0.412 e. The highest BCUT2D eigenvalue weighted by atomic mass is 16.6. The summed E-state index contributed by atoms with van der Waals surface area (Å²) in [6, 6.07) is 6.94. The number of hydrogen-bond donors (Lipinski definition) is 2. The molecule has 0 fully saturated rings. The summed E-state index contributed by atoms with van der Waals surface area (Å²) in [5.74, 6) is 0.786. The van der Waals surface area contributed by atoms with Gasteiger partial charge in [0.05, 0.1) is 6.10 Å². The number of amides is 1. The molecule has 0 aliphatic heterocycles. The lowest BCUT2D eigenvalue weighted by Gasteiger charge is -2.18. The molecule has 1 aromatic carbocycles. The molecule has 0 bridgehead atoms. The Balaban J connectivity index is 2.49. The van der Waals surface area contributed by atoms with Crippen molar-refractivity contribution in [3.63, 3.8) is 0 Å². The first-order valence-electron chi connectivity index (χ1n) is 7.03. The van der Waals surface area contributed by atoms with E-state index in [1.54, 1.807) is 32.1 Å². The summed E-state index contributed by atoms with van der Waals surface area (Å²) in [6.45, 7) is 6.36. The van der Waals surface area contributed by atoms with Gasteiger partial charge in [0.25, 0.3) is 0 Å². The lowest BCUT2D eigenvalue weighted by atomic mass is 10.1. The molecule has 0 aromatic heterocycles. The maximum Gasteiger partial charge on any atom is 0.412 e. The van der Waals surface area contributed by atoms with Gasteiger partial charge in [0.2, 0.25) is 0 Å². The van der Waals surface area contributed by atoms with E-state index >= 15 is 0 Å². The summed E-state index contributed by atoms with van der Waals surface area (Å²) < 4.78 is 10.6. The zero-order chi connectivity index (χ0) is 15.7. The van der Waals surface area contributed by atoms with Gasteiger partial charge in [-0.25, -0.2) is 4.79 Å². The van der Waals surface area contributed by atoms with Crippen molar-refractivity contribution in [2.45, 2.75) is 33.3 Å². The van der Waals surface area contributed by atoms with Gasteiger partial charge in [-0.1, -0.05) is 12.1 Å². The van der Waals surface area contributed by atoms with Crippen molar-refractivity contribution in [1.29, 1.82) is 0 Å². The number of aromatic hydroxyl groups is 1. The van der Waals surface area contributed by atoms with Gasteiger partial charge in [-0.2, -0.15) is 0 Å². The molecule has 0 saturated heterocycles. The standard InChI is InChI=1S/C16H23NO4/c1-4-12(3)21-16(19)17-11-15(20-5-2)10-13-6-8-14(18)9-7-13/h4,6-9,15,18H,5,10-11H2,1-3H3,(H,17,19)/b12-4+/t15-/m0/s1. The number of carbonyl (C=O) groups excluding carboxylic acids is 1. The minimum atomic E-state index is -0.485. The average Bonchev–Trinajstić information content (AvgIpc) is 2.47. The van der Waals surface area contributed by atoms with Crippen molar-refractivity contribution in [2.75, 3.05) is 13.2 Å². The molecule has 0 saturated carbocycles. The molecule has 5 nitrogen and oxygen atoms in total. The predicted octanol–water partition coefficient (Wildman–Crippen LogP) is 2.99. The first kappa shape index (κ1) is 17.0.